The van der Waals surface area contributed by atoms with Crippen LogP contribution < -0.4 is 5.32 Å². The monoisotopic (exact) mass is 536 g/mol. The third kappa shape index (κ3) is 9.00. The lowest BCUT2D eigenvalue weighted by atomic mass is 10.1. The lowest BCUT2D eigenvalue weighted by Crippen LogP contribution is -2.36. The van der Waals surface area contributed by atoms with Gasteiger partial charge in [-0.05, 0) is 11.1 Å². The van der Waals surface area contributed by atoms with Gasteiger partial charge in [0.1, 0.15) is 12.7 Å². The van der Waals surface area contributed by atoms with E-state index in [0.717, 1.165) is 20.9 Å². The van der Waals surface area contributed by atoms with Crippen molar-refractivity contribution < 1.29 is 19.1 Å². The second-order valence-corrected chi connectivity index (χ2v) is 10.2. The number of thiazole rings is 2. The normalized spacial score (nSPS) is 11.5. The molecular weight excluding hydrogens is 508 g/mol. The van der Waals surface area contributed by atoms with Crippen molar-refractivity contribution in [1.29, 1.82) is 0 Å². The van der Waals surface area contributed by atoms with Crippen molar-refractivity contribution in [2.75, 3.05) is 6.54 Å². The summed E-state index contributed by atoms with van der Waals surface area (Å²) < 4.78 is 11.4. The second-order valence-electron chi connectivity index (χ2n) is 8.26. The van der Waals surface area contributed by atoms with Crippen LogP contribution in [0.25, 0.3) is 0 Å². The molecule has 1 N–H and O–H groups in total. The molecular formula is C27H28N4O4S2. The molecule has 0 aliphatic carbocycles. The molecule has 4 aromatic rings. The first-order chi connectivity index (χ1) is 18.2. The van der Waals surface area contributed by atoms with Gasteiger partial charge in [-0.3, -0.25) is 9.97 Å². The summed E-state index contributed by atoms with van der Waals surface area (Å²) in [5, 5.41) is 2.79. The number of amides is 2. The molecule has 0 fully saturated rings. The van der Waals surface area contributed by atoms with E-state index in [4.69, 9.17) is 9.47 Å². The van der Waals surface area contributed by atoms with Crippen molar-refractivity contribution in [3.05, 3.63) is 105 Å². The number of hydrogen-bond acceptors (Lipinski definition) is 8. The summed E-state index contributed by atoms with van der Waals surface area (Å²) in [6, 6.07) is 19.6. The van der Waals surface area contributed by atoms with Crippen LogP contribution in [0.15, 0.2) is 84.1 Å². The highest BCUT2D eigenvalue weighted by Gasteiger charge is 2.21. The zero-order chi connectivity index (χ0) is 25.7. The lowest BCUT2D eigenvalue weighted by Gasteiger charge is -2.25. The molecule has 10 heteroatoms. The van der Waals surface area contributed by atoms with E-state index in [1.54, 1.807) is 28.3 Å². The van der Waals surface area contributed by atoms with Crippen molar-refractivity contribution in [3.8, 4) is 0 Å². The van der Waals surface area contributed by atoms with Gasteiger partial charge in [-0.25, -0.2) is 9.59 Å². The maximum absolute atomic E-state index is 13.0. The molecule has 2 heterocycles. The molecule has 1 unspecified atom stereocenters. The Kier molecular flexibility index (Phi) is 10.0. The molecule has 4 rings (SSSR count). The Morgan fingerprint density at radius 3 is 2.19 bits per heavy atom. The fraction of sp³-hybridized carbons (Fsp3) is 0.259. The Hall–Kier alpha value is -3.76. The summed E-state index contributed by atoms with van der Waals surface area (Å²) in [7, 11) is 0. The van der Waals surface area contributed by atoms with Crippen molar-refractivity contribution in [2.24, 2.45) is 0 Å². The molecule has 0 radical (unpaired) electrons. The highest BCUT2D eigenvalue weighted by molar-refractivity contribution is 7.09. The van der Waals surface area contributed by atoms with Crippen LogP contribution in [0, 0.1) is 0 Å². The number of carbonyl (C=O) groups excluding carboxylic acids is 2. The fourth-order valence-electron chi connectivity index (χ4n) is 3.64. The second kappa shape index (κ2) is 14.1. The third-order valence-corrected chi connectivity index (χ3v) is 7.02. The van der Waals surface area contributed by atoms with Gasteiger partial charge in [0.25, 0.3) is 0 Å². The summed E-state index contributed by atoms with van der Waals surface area (Å²) in [5.74, 6) is 0. The molecule has 0 bridgehead atoms. The molecule has 0 aliphatic rings. The summed E-state index contributed by atoms with van der Waals surface area (Å²) in [6.45, 7) is 1.26. The third-order valence-electron chi connectivity index (χ3n) is 5.49. The minimum atomic E-state index is -0.503. The molecule has 2 amide bonds. The molecule has 0 spiro atoms. The predicted molar refractivity (Wildman–Crippen MR) is 143 cm³/mol. The Labute approximate surface area is 223 Å². The van der Waals surface area contributed by atoms with Crippen molar-refractivity contribution >= 4 is 34.9 Å². The molecule has 2 aromatic heterocycles. The van der Waals surface area contributed by atoms with E-state index in [1.807, 2.05) is 60.7 Å². The van der Waals surface area contributed by atoms with Gasteiger partial charge in [-0.2, -0.15) is 0 Å². The first kappa shape index (κ1) is 26.3. The number of rotatable bonds is 12. The number of ether oxygens (including phenoxy) is 2. The quantitative estimate of drug-likeness (QED) is 0.251. The van der Waals surface area contributed by atoms with Crippen LogP contribution in [-0.4, -0.2) is 39.7 Å². The number of nitrogens with one attached hydrogen (secondary N) is 1. The maximum atomic E-state index is 13.0. The standard InChI is InChI=1S/C27H28N4O4S2/c32-26(30-16-24-14-28-19-36-24)35-23(13-21-7-3-1-4-8-21)11-12-31(17-22-9-5-2-6-10-22)27(33)34-18-25-15-29-20-37-25/h1-10,14-15,19-20,23H,11-13,16-18H2,(H,30,32). The molecule has 8 nitrogen and oxygen atoms in total. The molecule has 0 saturated carbocycles. The van der Waals surface area contributed by atoms with E-state index in [-0.39, 0.29) is 6.61 Å². The summed E-state index contributed by atoms with van der Waals surface area (Å²) in [5.41, 5.74) is 5.46. The van der Waals surface area contributed by atoms with E-state index in [9.17, 15) is 9.59 Å². The van der Waals surface area contributed by atoms with Gasteiger partial charge in [0.2, 0.25) is 0 Å². The maximum Gasteiger partial charge on any atom is 0.410 e. The molecule has 37 heavy (non-hydrogen) atoms. The highest BCUT2D eigenvalue weighted by Crippen LogP contribution is 2.15. The Balaban J connectivity index is 1.40. The molecule has 192 valence electrons. The van der Waals surface area contributed by atoms with E-state index in [0.29, 0.717) is 32.5 Å². The fourth-order valence-corrected chi connectivity index (χ4v) is 4.68. The van der Waals surface area contributed by atoms with Gasteiger partial charge < -0.3 is 19.7 Å². The topological polar surface area (TPSA) is 93.7 Å². The van der Waals surface area contributed by atoms with Crippen LogP contribution in [-0.2, 0) is 35.6 Å². The largest absolute Gasteiger partial charge is 0.446 e. The van der Waals surface area contributed by atoms with Crippen LogP contribution in [0.3, 0.4) is 0 Å². The molecule has 0 aliphatic heterocycles. The van der Waals surface area contributed by atoms with Gasteiger partial charge in [-0.1, -0.05) is 60.7 Å². The van der Waals surface area contributed by atoms with Gasteiger partial charge in [0.05, 0.1) is 22.4 Å². The predicted octanol–water partition coefficient (Wildman–Crippen LogP) is 5.67. The molecule has 0 saturated heterocycles. The molecule has 2 aromatic carbocycles. The Bertz CT molecular complexity index is 1210. The zero-order valence-electron chi connectivity index (χ0n) is 20.2. The van der Waals surface area contributed by atoms with Gasteiger partial charge >= 0.3 is 12.2 Å². The van der Waals surface area contributed by atoms with Crippen LogP contribution in [0.5, 0.6) is 0 Å². The average Bonchev–Trinajstić information content (AvgIpc) is 3.64. The Morgan fingerprint density at radius 1 is 0.892 bits per heavy atom. The minimum absolute atomic E-state index is 0.165. The minimum Gasteiger partial charge on any atom is -0.446 e. The van der Waals surface area contributed by atoms with Crippen LogP contribution in [0.1, 0.15) is 27.3 Å². The number of carbonyl (C=O) groups is 2. The van der Waals surface area contributed by atoms with Crippen molar-refractivity contribution in [2.45, 2.75) is 38.6 Å². The first-order valence-corrected chi connectivity index (χ1v) is 13.6. The SMILES string of the molecule is O=C(NCc1cncs1)OC(CCN(Cc1ccccc1)C(=O)OCc1cncs1)Cc1ccccc1. The van der Waals surface area contributed by atoms with E-state index < -0.39 is 18.3 Å². The van der Waals surface area contributed by atoms with Gasteiger partial charge in [-0.15, -0.1) is 22.7 Å². The van der Waals surface area contributed by atoms with Crippen molar-refractivity contribution in [3.63, 3.8) is 0 Å². The summed E-state index contributed by atoms with van der Waals surface area (Å²) in [4.78, 5) is 37.1. The van der Waals surface area contributed by atoms with Crippen LogP contribution in [0.4, 0.5) is 9.59 Å². The average molecular weight is 537 g/mol. The molecule has 1 atom stereocenters. The highest BCUT2D eigenvalue weighted by atomic mass is 32.1. The van der Waals surface area contributed by atoms with Crippen LogP contribution in [0.2, 0.25) is 0 Å². The lowest BCUT2D eigenvalue weighted by molar-refractivity contribution is 0.0708. The van der Waals surface area contributed by atoms with Gasteiger partial charge in [0.15, 0.2) is 0 Å². The summed E-state index contributed by atoms with van der Waals surface area (Å²) >= 11 is 2.90. The first-order valence-electron chi connectivity index (χ1n) is 11.8. The van der Waals surface area contributed by atoms with Gasteiger partial charge in [0, 0.05) is 43.2 Å². The van der Waals surface area contributed by atoms with E-state index in [2.05, 4.69) is 15.3 Å². The number of benzene rings is 2. The van der Waals surface area contributed by atoms with Crippen LogP contribution >= 0.6 is 22.7 Å². The Morgan fingerprint density at radius 2 is 1.54 bits per heavy atom. The number of nitrogens with zero attached hydrogens (tertiary/aromatic N) is 3. The summed E-state index contributed by atoms with van der Waals surface area (Å²) in [6.07, 6.45) is 3.02. The zero-order valence-corrected chi connectivity index (χ0v) is 21.8. The smallest absolute Gasteiger partial charge is 0.410 e. The number of hydrogen-bond donors (Lipinski definition) is 1. The van der Waals surface area contributed by atoms with Crippen molar-refractivity contribution in [1.82, 2.24) is 20.2 Å². The van der Waals surface area contributed by atoms with E-state index >= 15 is 0 Å². The number of alkyl carbamates (subject to hydrolysis) is 1. The van der Waals surface area contributed by atoms with E-state index in [1.165, 1.54) is 22.7 Å². The number of aromatic nitrogens is 2.